The molecule has 2 amide bonds. The first-order valence-electron chi connectivity index (χ1n) is 9.01. The maximum atomic E-state index is 14.3. The van der Waals surface area contributed by atoms with Crippen LogP contribution in [-0.2, 0) is 43.2 Å². The minimum Gasteiger partial charge on any atom is -0.457 e. The molecule has 2 aliphatic heterocycles. The van der Waals surface area contributed by atoms with Crippen molar-refractivity contribution in [1.29, 1.82) is 0 Å². The first kappa shape index (κ1) is 21.8. The number of rotatable bonds is 2. The maximum Gasteiger partial charge on any atom is 0.471 e. The molecule has 3 fully saturated rings. The number of nitrogens with zero attached hydrogens (tertiary/aromatic N) is 1. The Labute approximate surface area is 173 Å². The van der Waals surface area contributed by atoms with Gasteiger partial charge in [-0.15, -0.1) is 4.84 Å². The van der Waals surface area contributed by atoms with Crippen LogP contribution in [0, 0.1) is 23.7 Å². The van der Waals surface area contributed by atoms with E-state index in [-0.39, 0.29) is 0 Å². The van der Waals surface area contributed by atoms with E-state index in [2.05, 4.69) is 15.6 Å². The Morgan fingerprint density at radius 1 is 1.16 bits per heavy atom. The number of ether oxygens (including phenoxy) is 1. The predicted molar refractivity (Wildman–Crippen MR) is 90.0 cm³/mol. The Kier molecular flexibility index (Phi) is 4.62. The summed E-state index contributed by atoms with van der Waals surface area (Å²) < 4.78 is 61.5. The number of fused-ring (bicyclic) bond motifs is 5. The Morgan fingerprint density at radius 2 is 1.71 bits per heavy atom. The third kappa shape index (κ3) is 2.79. The quantitative estimate of drug-likeness (QED) is 0.180. The third-order valence-corrected chi connectivity index (χ3v) is 7.14. The van der Waals surface area contributed by atoms with Crippen LogP contribution in [-0.4, -0.2) is 66.0 Å². The largest absolute Gasteiger partial charge is 0.471 e. The van der Waals surface area contributed by atoms with Gasteiger partial charge in [-0.1, -0.05) is 18.7 Å². The normalized spacial score (nSPS) is 43.0. The second-order valence-electron chi connectivity index (χ2n) is 7.72. The van der Waals surface area contributed by atoms with Crippen molar-refractivity contribution in [1.82, 2.24) is 0 Å². The van der Waals surface area contributed by atoms with Gasteiger partial charge in [-0.2, -0.15) is 17.2 Å². The summed E-state index contributed by atoms with van der Waals surface area (Å²) in [5.41, 5.74) is -2.85. The second kappa shape index (κ2) is 6.56. The van der Waals surface area contributed by atoms with Crippen LogP contribution in [0.3, 0.4) is 0 Å². The Hall–Kier alpha value is -2.39. The number of cyclic esters (lactones) is 1. The minimum atomic E-state index is -6.29. The lowest BCUT2D eigenvalue weighted by Gasteiger charge is -2.31. The number of hydroxylamine groups is 4. The molecule has 4 aliphatic rings. The van der Waals surface area contributed by atoms with Gasteiger partial charge >= 0.3 is 33.2 Å². The first-order chi connectivity index (χ1) is 14.3. The van der Waals surface area contributed by atoms with Gasteiger partial charge in [0.05, 0.1) is 0 Å². The number of alkyl halides is 2. The fourth-order valence-corrected chi connectivity index (χ4v) is 5.17. The molecule has 0 aromatic heterocycles. The number of quaternary nitrogens is 1. The van der Waals surface area contributed by atoms with E-state index in [9.17, 15) is 41.5 Å². The zero-order valence-corrected chi connectivity index (χ0v) is 16.4. The van der Waals surface area contributed by atoms with Crippen LogP contribution in [0.25, 0.3) is 0 Å². The average molecular weight is 464 g/mol. The van der Waals surface area contributed by atoms with Crippen LogP contribution >= 0.6 is 0 Å². The number of esters is 1. The highest BCUT2D eigenvalue weighted by Crippen LogP contribution is 2.55. The van der Waals surface area contributed by atoms with E-state index >= 15 is 0 Å². The molecule has 0 radical (unpaired) electrons. The minimum absolute atomic E-state index is 0.418. The highest BCUT2D eigenvalue weighted by molar-refractivity contribution is 7.88. The lowest BCUT2D eigenvalue weighted by atomic mass is 9.85. The number of aliphatic hydroxyl groups is 1. The van der Waals surface area contributed by atoms with Gasteiger partial charge in [0.15, 0.2) is 18.0 Å². The SMILES string of the molecule is C=CC(=O)C1(O)COC(=O)C(F)(F)S(=O)(=O)O[N+]2(OC1)C(=O)C1C3C=CC(C3)C1C2=O. The summed E-state index contributed by atoms with van der Waals surface area (Å²) in [5, 5.41) is 5.11. The van der Waals surface area contributed by atoms with Gasteiger partial charge < -0.3 is 9.84 Å². The van der Waals surface area contributed by atoms with Gasteiger partial charge in [0.1, 0.15) is 23.3 Å². The second-order valence-corrected chi connectivity index (χ2v) is 9.29. The van der Waals surface area contributed by atoms with Crippen molar-refractivity contribution < 1.29 is 60.2 Å². The molecule has 2 heterocycles. The van der Waals surface area contributed by atoms with Crippen LogP contribution in [0.4, 0.5) is 8.78 Å². The molecule has 31 heavy (non-hydrogen) atoms. The molecule has 11 nitrogen and oxygen atoms in total. The van der Waals surface area contributed by atoms with Gasteiger partial charge in [-0.25, -0.2) is 14.4 Å². The third-order valence-electron chi connectivity index (χ3n) is 5.94. The summed E-state index contributed by atoms with van der Waals surface area (Å²) in [6.45, 7) is 0.359. The van der Waals surface area contributed by atoms with Crippen molar-refractivity contribution in [2.45, 2.75) is 17.3 Å². The summed E-state index contributed by atoms with van der Waals surface area (Å²) in [6, 6.07) is 0. The summed E-state index contributed by atoms with van der Waals surface area (Å²) in [6.07, 6.45) is 4.26. The van der Waals surface area contributed by atoms with E-state index in [1.54, 1.807) is 12.2 Å². The summed E-state index contributed by atoms with van der Waals surface area (Å²) in [7, 11) is -6.29. The molecule has 5 atom stereocenters. The molecular weight excluding hydrogens is 448 g/mol. The first-order valence-corrected chi connectivity index (χ1v) is 10.4. The molecule has 2 aliphatic carbocycles. The lowest BCUT2D eigenvalue weighted by molar-refractivity contribution is -1.11. The van der Waals surface area contributed by atoms with E-state index in [0.717, 1.165) is 0 Å². The summed E-state index contributed by atoms with van der Waals surface area (Å²) >= 11 is 0. The average Bonchev–Trinajstić information content (AvgIpc) is 3.38. The molecule has 1 N–H and O–H groups in total. The molecular formula is C17H16F2NO10S+. The standard InChI is InChI=1S/C17H16F2NO10S/c1-2-10(21)16(25)6-28-15(24)17(18,19)31(26,27)30-20(29-7-16)13(22)11-8-3-4-9(5-8)12(11)14(20)23/h2-4,8-9,11-12,25H,1,5-7H2/q+1. The molecule has 168 valence electrons. The van der Waals surface area contributed by atoms with Crippen molar-refractivity contribution in [2.24, 2.45) is 23.7 Å². The Bertz CT molecular complexity index is 1020. The van der Waals surface area contributed by atoms with Gasteiger partial charge in [-0.05, 0) is 28.6 Å². The maximum absolute atomic E-state index is 14.3. The van der Waals surface area contributed by atoms with Gasteiger partial charge in [0.2, 0.25) is 0 Å². The van der Waals surface area contributed by atoms with E-state index in [4.69, 9.17) is 4.84 Å². The van der Waals surface area contributed by atoms with Crippen molar-refractivity contribution >= 4 is 33.7 Å². The zero-order valence-electron chi connectivity index (χ0n) is 15.6. The van der Waals surface area contributed by atoms with Gasteiger partial charge in [0.25, 0.3) is 0 Å². The number of amides is 2. The van der Waals surface area contributed by atoms with E-state index < -0.39 is 86.2 Å². The van der Waals surface area contributed by atoms with Gasteiger partial charge in [0, 0.05) is 0 Å². The Balaban J connectivity index is 1.84. The molecule has 1 spiro atoms. The number of carbonyl (C=O) groups excluding carboxylic acids is 4. The molecule has 5 unspecified atom stereocenters. The number of halogens is 2. The van der Waals surface area contributed by atoms with Crippen LogP contribution in [0.2, 0.25) is 0 Å². The summed E-state index contributed by atoms with van der Waals surface area (Å²) in [4.78, 5) is 52.5. The molecule has 4 rings (SSSR count). The number of imide groups is 1. The van der Waals surface area contributed by atoms with Crippen LogP contribution < -0.4 is 0 Å². The van der Waals surface area contributed by atoms with Crippen LogP contribution in [0.15, 0.2) is 24.8 Å². The number of carbonyl (C=O) groups is 4. The Morgan fingerprint density at radius 3 is 2.23 bits per heavy atom. The number of hydrogen-bond acceptors (Lipinski definition) is 10. The van der Waals surface area contributed by atoms with Gasteiger partial charge in [-0.3, -0.25) is 4.79 Å². The molecule has 0 aromatic carbocycles. The molecule has 2 saturated heterocycles. The van der Waals surface area contributed by atoms with E-state index in [1.807, 2.05) is 0 Å². The summed E-state index contributed by atoms with van der Waals surface area (Å²) in [5.74, 6) is -9.73. The topological polar surface area (TPSA) is 150 Å². The fourth-order valence-electron chi connectivity index (χ4n) is 4.35. The van der Waals surface area contributed by atoms with Crippen molar-refractivity contribution in [2.75, 3.05) is 13.2 Å². The van der Waals surface area contributed by atoms with Crippen LogP contribution in [0.5, 0.6) is 0 Å². The monoisotopic (exact) mass is 464 g/mol. The number of allylic oxidation sites excluding steroid dienone is 2. The molecule has 1 saturated carbocycles. The number of ketones is 1. The predicted octanol–water partition coefficient (Wildman–Crippen LogP) is -0.863. The van der Waals surface area contributed by atoms with Crippen LogP contribution in [0.1, 0.15) is 6.42 Å². The van der Waals surface area contributed by atoms with E-state index in [1.165, 1.54) is 0 Å². The van der Waals surface area contributed by atoms with E-state index in [0.29, 0.717) is 12.5 Å². The van der Waals surface area contributed by atoms with Crippen molar-refractivity contribution in [3.05, 3.63) is 24.8 Å². The lowest BCUT2D eigenvalue weighted by Crippen LogP contribution is -2.62. The molecule has 2 bridgehead atoms. The highest BCUT2D eigenvalue weighted by atomic mass is 32.2. The molecule has 14 heteroatoms. The smallest absolute Gasteiger partial charge is 0.457 e. The van der Waals surface area contributed by atoms with Crippen molar-refractivity contribution in [3.63, 3.8) is 0 Å². The highest BCUT2D eigenvalue weighted by Gasteiger charge is 2.77. The fraction of sp³-hybridized carbons (Fsp3) is 0.529. The number of hydrogen-bond donors (Lipinski definition) is 1. The molecule has 0 aromatic rings. The van der Waals surface area contributed by atoms with Crippen molar-refractivity contribution in [3.8, 4) is 0 Å². The zero-order chi connectivity index (χ0) is 23.0.